The van der Waals surface area contributed by atoms with E-state index in [0.717, 1.165) is 5.56 Å². The van der Waals surface area contributed by atoms with Crippen LogP contribution in [0.15, 0.2) is 45.5 Å². The summed E-state index contributed by atoms with van der Waals surface area (Å²) in [6.45, 7) is 3.89. The van der Waals surface area contributed by atoms with Gasteiger partial charge in [0.1, 0.15) is 0 Å². The molecule has 0 radical (unpaired) electrons. The van der Waals surface area contributed by atoms with Crippen LogP contribution in [-0.4, -0.2) is 21.1 Å². The fourth-order valence-corrected chi connectivity index (χ4v) is 2.15. The number of ether oxygens (including phenoxy) is 1. The number of aryl methyl sites for hydroxylation is 1. The second kappa shape index (κ2) is 7.74. The molecule has 3 aromatic rings. The Balaban J connectivity index is 1.47. The van der Waals surface area contributed by atoms with Gasteiger partial charge in [0.05, 0.1) is 12.6 Å². The summed E-state index contributed by atoms with van der Waals surface area (Å²) < 4.78 is 15.8. The highest BCUT2D eigenvalue weighted by atomic mass is 16.6. The van der Waals surface area contributed by atoms with Crippen molar-refractivity contribution in [1.82, 2.24) is 15.1 Å². The van der Waals surface area contributed by atoms with E-state index >= 15 is 0 Å². The third kappa shape index (κ3) is 4.53. The summed E-state index contributed by atoms with van der Waals surface area (Å²) in [5.74, 6) is 1.85. The molecule has 0 saturated heterocycles. The Morgan fingerprint density at radius 1 is 1.20 bits per heavy atom. The molecule has 0 saturated carbocycles. The van der Waals surface area contributed by atoms with Gasteiger partial charge in [0.25, 0.3) is 5.89 Å². The quantitative estimate of drug-likeness (QED) is 0.607. The predicted octanol–water partition coefficient (Wildman–Crippen LogP) is 3.52. The largest absolute Gasteiger partial charge is 0.456 e. The predicted molar refractivity (Wildman–Crippen MR) is 88.4 cm³/mol. The number of nitrogens with zero attached hydrogens (tertiary/aromatic N) is 3. The van der Waals surface area contributed by atoms with E-state index in [1.807, 2.05) is 44.2 Å². The number of benzene rings is 1. The van der Waals surface area contributed by atoms with Crippen LogP contribution in [0, 0.1) is 0 Å². The van der Waals surface area contributed by atoms with E-state index in [4.69, 9.17) is 13.7 Å². The number of carbonyl (C=O) groups is 1. The highest BCUT2D eigenvalue weighted by molar-refractivity contribution is 5.69. The molecule has 0 aliphatic carbocycles. The van der Waals surface area contributed by atoms with Gasteiger partial charge in [0, 0.05) is 17.9 Å². The summed E-state index contributed by atoms with van der Waals surface area (Å²) in [7, 11) is 0. The molecule has 130 valence electrons. The van der Waals surface area contributed by atoms with Gasteiger partial charge in [-0.05, 0) is 0 Å². The standard InChI is InChI=1S/C18H19N3O4/c1-12(2)18-20-16(25-21-18)11-23-17(22)9-8-15-19-10-14(24-15)13-6-4-3-5-7-13/h3-7,10,12H,8-9,11H2,1-2H3. The molecule has 0 spiro atoms. The van der Waals surface area contributed by atoms with Gasteiger partial charge in [-0.1, -0.05) is 49.3 Å². The number of rotatable bonds is 7. The lowest BCUT2D eigenvalue weighted by atomic mass is 10.2. The Kier molecular flexibility index (Phi) is 5.23. The minimum absolute atomic E-state index is 0.0284. The van der Waals surface area contributed by atoms with E-state index < -0.39 is 0 Å². The fourth-order valence-electron chi connectivity index (χ4n) is 2.15. The zero-order valence-electron chi connectivity index (χ0n) is 14.1. The first-order valence-electron chi connectivity index (χ1n) is 8.10. The van der Waals surface area contributed by atoms with Crippen LogP contribution >= 0.6 is 0 Å². The molecule has 25 heavy (non-hydrogen) atoms. The van der Waals surface area contributed by atoms with Crippen molar-refractivity contribution in [3.8, 4) is 11.3 Å². The van der Waals surface area contributed by atoms with Gasteiger partial charge >= 0.3 is 5.97 Å². The van der Waals surface area contributed by atoms with E-state index in [2.05, 4.69) is 15.1 Å². The Bertz CT molecular complexity index is 824. The normalized spacial score (nSPS) is 11.0. The SMILES string of the molecule is CC(C)c1noc(COC(=O)CCc2ncc(-c3ccccc3)o2)n1. The zero-order valence-corrected chi connectivity index (χ0v) is 14.1. The van der Waals surface area contributed by atoms with Crippen LogP contribution in [0.1, 0.15) is 43.8 Å². The molecule has 2 heterocycles. The number of oxazole rings is 1. The lowest BCUT2D eigenvalue weighted by molar-refractivity contribution is -0.145. The summed E-state index contributed by atoms with van der Waals surface area (Å²) in [6, 6.07) is 9.67. The Morgan fingerprint density at radius 3 is 2.72 bits per heavy atom. The molecule has 0 unspecified atom stereocenters. The average molecular weight is 341 g/mol. The van der Waals surface area contributed by atoms with Crippen molar-refractivity contribution >= 4 is 5.97 Å². The van der Waals surface area contributed by atoms with Crippen molar-refractivity contribution in [2.75, 3.05) is 0 Å². The highest BCUT2D eigenvalue weighted by Gasteiger charge is 2.13. The number of hydrogen-bond acceptors (Lipinski definition) is 7. The Morgan fingerprint density at radius 2 is 2.00 bits per heavy atom. The van der Waals surface area contributed by atoms with Crippen molar-refractivity contribution in [2.45, 2.75) is 39.2 Å². The first-order valence-corrected chi connectivity index (χ1v) is 8.10. The monoisotopic (exact) mass is 341 g/mol. The molecule has 7 heteroatoms. The van der Waals surface area contributed by atoms with Crippen LogP contribution in [0.25, 0.3) is 11.3 Å². The summed E-state index contributed by atoms with van der Waals surface area (Å²) in [5.41, 5.74) is 0.946. The van der Waals surface area contributed by atoms with Crippen LogP contribution in [0.2, 0.25) is 0 Å². The lowest BCUT2D eigenvalue weighted by Crippen LogP contribution is -2.06. The minimum Gasteiger partial charge on any atom is -0.456 e. The van der Waals surface area contributed by atoms with Crippen molar-refractivity contribution in [3.63, 3.8) is 0 Å². The van der Waals surface area contributed by atoms with Crippen LogP contribution in [0.5, 0.6) is 0 Å². The summed E-state index contributed by atoms with van der Waals surface area (Å²) in [4.78, 5) is 20.2. The Hall–Kier alpha value is -2.96. The molecular formula is C18H19N3O4. The molecule has 0 aliphatic rings. The smallest absolute Gasteiger partial charge is 0.306 e. The number of esters is 1. The van der Waals surface area contributed by atoms with Gasteiger partial charge in [-0.2, -0.15) is 4.98 Å². The summed E-state index contributed by atoms with van der Waals surface area (Å²) in [5, 5.41) is 3.82. The average Bonchev–Trinajstić information content (AvgIpc) is 3.28. The van der Waals surface area contributed by atoms with Gasteiger partial charge in [-0.15, -0.1) is 0 Å². The van der Waals surface area contributed by atoms with Gasteiger partial charge in [-0.25, -0.2) is 4.98 Å². The third-order valence-electron chi connectivity index (χ3n) is 3.51. The molecule has 0 fully saturated rings. The molecule has 0 amide bonds. The van der Waals surface area contributed by atoms with Gasteiger partial charge in [-0.3, -0.25) is 4.79 Å². The van der Waals surface area contributed by atoms with E-state index in [0.29, 0.717) is 29.8 Å². The van der Waals surface area contributed by atoms with E-state index in [1.165, 1.54) is 0 Å². The van der Waals surface area contributed by atoms with Gasteiger partial charge in [0.2, 0.25) is 0 Å². The van der Waals surface area contributed by atoms with Crippen molar-refractivity contribution in [2.24, 2.45) is 0 Å². The number of carbonyl (C=O) groups excluding carboxylic acids is 1. The summed E-state index contributed by atoms with van der Waals surface area (Å²) in [6.07, 6.45) is 2.19. The molecule has 3 rings (SSSR count). The summed E-state index contributed by atoms with van der Waals surface area (Å²) >= 11 is 0. The second-order valence-corrected chi connectivity index (χ2v) is 5.85. The maximum absolute atomic E-state index is 11.8. The molecule has 7 nitrogen and oxygen atoms in total. The van der Waals surface area contributed by atoms with Gasteiger partial charge in [0.15, 0.2) is 24.1 Å². The number of hydrogen-bond donors (Lipinski definition) is 0. The topological polar surface area (TPSA) is 91.2 Å². The molecule has 1 aromatic carbocycles. The molecule has 0 aliphatic heterocycles. The first-order chi connectivity index (χ1) is 12.1. The van der Waals surface area contributed by atoms with Crippen LogP contribution in [0.3, 0.4) is 0 Å². The first kappa shape index (κ1) is 16.9. The van der Waals surface area contributed by atoms with Crippen molar-refractivity contribution in [3.05, 3.63) is 54.1 Å². The van der Waals surface area contributed by atoms with Gasteiger partial charge < -0.3 is 13.7 Å². The fraction of sp³-hybridized carbons (Fsp3) is 0.333. The minimum atomic E-state index is -0.372. The molecular weight excluding hydrogens is 322 g/mol. The molecule has 2 aromatic heterocycles. The molecule has 0 bridgehead atoms. The highest BCUT2D eigenvalue weighted by Crippen LogP contribution is 2.20. The van der Waals surface area contributed by atoms with Crippen LogP contribution in [-0.2, 0) is 22.6 Å². The molecule has 0 N–H and O–H groups in total. The lowest BCUT2D eigenvalue weighted by Gasteiger charge is -2.00. The maximum Gasteiger partial charge on any atom is 0.306 e. The third-order valence-corrected chi connectivity index (χ3v) is 3.51. The zero-order chi connectivity index (χ0) is 17.6. The van der Waals surface area contributed by atoms with Crippen LogP contribution < -0.4 is 0 Å². The second-order valence-electron chi connectivity index (χ2n) is 5.85. The Labute approximate surface area is 145 Å². The van der Waals surface area contributed by atoms with Crippen LogP contribution in [0.4, 0.5) is 0 Å². The number of aromatic nitrogens is 3. The van der Waals surface area contributed by atoms with E-state index in [1.54, 1.807) is 6.20 Å². The van der Waals surface area contributed by atoms with Crippen molar-refractivity contribution in [1.29, 1.82) is 0 Å². The maximum atomic E-state index is 11.8. The van der Waals surface area contributed by atoms with Crippen molar-refractivity contribution < 1.29 is 18.5 Å². The van der Waals surface area contributed by atoms with E-state index in [-0.39, 0.29) is 24.9 Å². The molecule has 0 atom stereocenters. The van der Waals surface area contributed by atoms with E-state index in [9.17, 15) is 4.79 Å².